The van der Waals surface area contributed by atoms with Crippen molar-refractivity contribution in [3.63, 3.8) is 0 Å². The van der Waals surface area contributed by atoms with Crippen molar-refractivity contribution in [2.75, 3.05) is 12.0 Å². The lowest BCUT2D eigenvalue weighted by molar-refractivity contribution is -0.139. The van der Waals surface area contributed by atoms with Crippen LogP contribution in [0.15, 0.2) is 18.3 Å². The molecule has 1 atom stereocenters. The largest absolute Gasteiger partial charge is 0.480 e. The summed E-state index contributed by atoms with van der Waals surface area (Å²) in [4.78, 5) is 23.2. The molecule has 0 aliphatic heterocycles. The standard InChI is InChI=1S/C13H20N2O5S/c1-3-7-15-8-4-5-11(15)12(16)14-10(13(17)18)6-9-21(2,19)20/h4-5,8,10H,3,6-7,9H2,1-2H3,(H,14,16)(H,17,18). The number of aryl methyl sites for hydroxylation is 1. The molecule has 1 aromatic rings. The van der Waals surface area contributed by atoms with Gasteiger partial charge in [0.05, 0.1) is 5.75 Å². The first kappa shape index (κ1) is 17.2. The van der Waals surface area contributed by atoms with E-state index >= 15 is 0 Å². The maximum atomic E-state index is 12.1. The number of nitrogens with one attached hydrogen (secondary N) is 1. The summed E-state index contributed by atoms with van der Waals surface area (Å²) in [7, 11) is -3.28. The van der Waals surface area contributed by atoms with Gasteiger partial charge >= 0.3 is 5.97 Å². The van der Waals surface area contributed by atoms with Crippen LogP contribution >= 0.6 is 0 Å². The van der Waals surface area contributed by atoms with Crippen LogP contribution in [0.1, 0.15) is 30.3 Å². The first-order valence-corrected chi connectivity index (χ1v) is 8.67. The zero-order chi connectivity index (χ0) is 16.0. The van der Waals surface area contributed by atoms with Gasteiger partial charge in [0.1, 0.15) is 21.6 Å². The van der Waals surface area contributed by atoms with Crippen LogP contribution in [0.4, 0.5) is 0 Å². The molecule has 1 rings (SSSR count). The molecule has 0 fully saturated rings. The molecule has 0 saturated heterocycles. The minimum Gasteiger partial charge on any atom is -0.480 e. The van der Waals surface area contributed by atoms with Crippen molar-refractivity contribution in [1.29, 1.82) is 0 Å². The fraction of sp³-hybridized carbons (Fsp3) is 0.538. The zero-order valence-corrected chi connectivity index (χ0v) is 12.9. The van der Waals surface area contributed by atoms with E-state index in [1.165, 1.54) is 0 Å². The number of carbonyl (C=O) groups excluding carboxylic acids is 1. The molecule has 21 heavy (non-hydrogen) atoms. The van der Waals surface area contributed by atoms with Gasteiger partial charge in [0, 0.05) is 19.0 Å². The van der Waals surface area contributed by atoms with E-state index < -0.39 is 27.8 Å². The van der Waals surface area contributed by atoms with Crippen LogP contribution in [0.25, 0.3) is 0 Å². The molecule has 0 aromatic carbocycles. The highest BCUT2D eigenvalue weighted by Crippen LogP contribution is 2.05. The molecule has 0 aliphatic carbocycles. The van der Waals surface area contributed by atoms with Crippen molar-refractivity contribution in [3.05, 3.63) is 24.0 Å². The predicted molar refractivity (Wildman–Crippen MR) is 77.9 cm³/mol. The second-order valence-corrected chi connectivity index (χ2v) is 7.13. The van der Waals surface area contributed by atoms with Crippen molar-refractivity contribution >= 4 is 21.7 Å². The minimum atomic E-state index is -3.28. The van der Waals surface area contributed by atoms with Crippen LogP contribution in [-0.2, 0) is 21.2 Å². The summed E-state index contributed by atoms with van der Waals surface area (Å²) in [6.45, 7) is 2.62. The number of sulfone groups is 1. The zero-order valence-electron chi connectivity index (χ0n) is 12.1. The fourth-order valence-electron chi connectivity index (χ4n) is 1.88. The van der Waals surface area contributed by atoms with E-state index in [4.69, 9.17) is 5.11 Å². The lowest BCUT2D eigenvalue weighted by Crippen LogP contribution is -2.42. The van der Waals surface area contributed by atoms with Crippen LogP contribution in [-0.4, -0.2) is 48.0 Å². The number of rotatable bonds is 8. The predicted octanol–water partition coefficient (Wildman–Crippen LogP) is 0.516. The van der Waals surface area contributed by atoms with Crippen molar-refractivity contribution in [2.24, 2.45) is 0 Å². The number of aromatic nitrogens is 1. The van der Waals surface area contributed by atoms with Gasteiger partial charge in [0.2, 0.25) is 0 Å². The Morgan fingerprint density at radius 2 is 2.10 bits per heavy atom. The molecular formula is C13H20N2O5S. The Morgan fingerprint density at radius 3 is 2.62 bits per heavy atom. The molecule has 8 heteroatoms. The number of carboxylic acid groups (broad SMARTS) is 1. The van der Waals surface area contributed by atoms with Gasteiger partial charge in [-0.2, -0.15) is 0 Å². The summed E-state index contributed by atoms with van der Waals surface area (Å²) < 4.78 is 23.9. The lowest BCUT2D eigenvalue weighted by atomic mass is 10.2. The molecule has 7 nitrogen and oxygen atoms in total. The molecular weight excluding hydrogens is 296 g/mol. The van der Waals surface area contributed by atoms with Gasteiger partial charge in [-0.25, -0.2) is 13.2 Å². The Hall–Kier alpha value is -1.83. The number of aliphatic carboxylic acids is 1. The topological polar surface area (TPSA) is 105 Å². The normalized spacial score (nSPS) is 12.9. The maximum absolute atomic E-state index is 12.1. The first-order valence-electron chi connectivity index (χ1n) is 6.61. The van der Waals surface area contributed by atoms with E-state index in [0.717, 1.165) is 12.7 Å². The second kappa shape index (κ2) is 7.26. The molecule has 0 radical (unpaired) electrons. The number of carboxylic acids is 1. The molecule has 0 spiro atoms. The van der Waals surface area contributed by atoms with Gasteiger partial charge in [0.15, 0.2) is 0 Å². The maximum Gasteiger partial charge on any atom is 0.326 e. The van der Waals surface area contributed by atoms with Crippen LogP contribution < -0.4 is 5.32 Å². The molecule has 1 unspecified atom stereocenters. The van der Waals surface area contributed by atoms with E-state index in [9.17, 15) is 18.0 Å². The van der Waals surface area contributed by atoms with Crippen molar-refractivity contribution < 1.29 is 23.1 Å². The summed E-state index contributed by atoms with van der Waals surface area (Å²) >= 11 is 0. The van der Waals surface area contributed by atoms with E-state index in [0.29, 0.717) is 12.2 Å². The summed E-state index contributed by atoms with van der Waals surface area (Å²) in [5.41, 5.74) is 0.363. The summed E-state index contributed by atoms with van der Waals surface area (Å²) in [6, 6.07) is 2.08. The highest BCUT2D eigenvalue weighted by Gasteiger charge is 2.23. The summed E-state index contributed by atoms with van der Waals surface area (Å²) in [6.07, 6.45) is 3.45. The third-order valence-electron chi connectivity index (χ3n) is 2.91. The van der Waals surface area contributed by atoms with E-state index in [2.05, 4.69) is 5.32 Å². The smallest absolute Gasteiger partial charge is 0.326 e. The molecule has 0 aliphatic rings. The molecule has 1 amide bonds. The van der Waals surface area contributed by atoms with Gasteiger partial charge in [0.25, 0.3) is 5.91 Å². The fourth-order valence-corrected chi connectivity index (χ4v) is 2.54. The molecule has 1 aromatic heterocycles. The first-order chi connectivity index (χ1) is 9.74. The van der Waals surface area contributed by atoms with Crippen LogP contribution in [0, 0.1) is 0 Å². The second-order valence-electron chi connectivity index (χ2n) is 4.87. The number of amides is 1. The van der Waals surface area contributed by atoms with Crippen molar-refractivity contribution in [3.8, 4) is 0 Å². The Labute approximate surface area is 123 Å². The van der Waals surface area contributed by atoms with E-state index in [1.54, 1.807) is 22.9 Å². The number of hydrogen-bond donors (Lipinski definition) is 2. The van der Waals surface area contributed by atoms with Crippen molar-refractivity contribution in [1.82, 2.24) is 9.88 Å². The average molecular weight is 316 g/mol. The van der Waals surface area contributed by atoms with Gasteiger partial charge in [-0.1, -0.05) is 6.92 Å². The third kappa shape index (κ3) is 5.58. The number of carbonyl (C=O) groups is 2. The van der Waals surface area contributed by atoms with E-state index in [1.807, 2.05) is 6.92 Å². The Morgan fingerprint density at radius 1 is 1.43 bits per heavy atom. The SMILES string of the molecule is CCCn1cccc1C(=O)NC(CCS(C)(=O)=O)C(=O)O. The monoisotopic (exact) mass is 316 g/mol. The van der Waals surface area contributed by atoms with Gasteiger partial charge in [-0.05, 0) is 25.0 Å². The number of nitrogens with zero attached hydrogens (tertiary/aromatic N) is 1. The van der Waals surface area contributed by atoms with Gasteiger partial charge in [-0.15, -0.1) is 0 Å². The Balaban J connectivity index is 2.76. The highest BCUT2D eigenvalue weighted by molar-refractivity contribution is 7.90. The third-order valence-corrected chi connectivity index (χ3v) is 3.88. The van der Waals surface area contributed by atoms with E-state index in [-0.39, 0.29) is 12.2 Å². The highest BCUT2D eigenvalue weighted by atomic mass is 32.2. The van der Waals surface area contributed by atoms with Gasteiger partial charge < -0.3 is 15.0 Å². The Bertz CT molecular complexity index is 606. The minimum absolute atomic E-state index is 0.158. The van der Waals surface area contributed by atoms with Gasteiger partial charge in [-0.3, -0.25) is 4.79 Å². The van der Waals surface area contributed by atoms with Crippen LogP contribution in [0.3, 0.4) is 0 Å². The molecule has 1 heterocycles. The summed E-state index contributed by atoms with van der Waals surface area (Å²) in [5.74, 6) is -2.06. The van der Waals surface area contributed by atoms with Crippen LogP contribution in [0.5, 0.6) is 0 Å². The molecule has 2 N–H and O–H groups in total. The number of hydrogen-bond acceptors (Lipinski definition) is 4. The van der Waals surface area contributed by atoms with Crippen molar-refractivity contribution in [2.45, 2.75) is 32.4 Å². The quantitative estimate of drug-likeness (QED) is 0.727. The average Bonchev–Trinajstić information content (AvgIpc) is 2.81. The summed E-state index contributed by atoms with van der Waals surface area (Å²) in [5, 5.41) is 11.4. The molecule has 118 valence electrons. The van der Waals surface area contributed by atoms with Crippen LogP contribution in [0.2, 0.25) is 0 Å². The lowest BCUT2D eigenvalue weighted by Gasteiger charge is -2.15. The molecule has 0 bridgehead atoms. The Kier molecular flexibility index (Phi) is 5.95. The molecule has 0 saturated carbocycles.